The monoisotopic (exact) mass is 323 g/mol. The summed E-state index contributed by atoms with van der Waals surface area (Å²) >= 11 is 0. The van der Waals surface area contributed by atoms with E-state index in [-0.39, 0.29) is 5.41 Å². The molecule has 24 heavy (non-hydrogen) atoms. The fourth-order valence-corrected chi connectivity index (χ4v) is 2.61. The molecule has 0 fully saturated rings. The molecule has 3 rings (SSSR count). The average Bonchev–Trinajstić information content (AvgIpc) is 2.95. The third-order valence-electron chi connectivity index (χ3n) is 4.01. The minimum atomic E-state index is 0.140. The smallest absolute Gasteiger partial charge is 0.254 e. The van der Waals surface area contributed by atoms with Gasteiger partial charge in [0.25, 0.3) is 5.78 Å². The highest BCUT2D eigenvalue weighted by molar-refractivity contribution is 5.59. The van der Waals surface area contributed by atoms with Gasteiger partial charge in [0.05, 0.1) is 0 Å². The molecule has 0 spiro atoms. The fraction of sp³-hybridized carbons (Fsp3) is 0.421. The first-order valence-electron chi connectivity index (χ1n) is 8.47. The molecule has 126 valence electrons. The minimum Gasteiger partial charge on any atom is -0.370 e. The molecule has 0 amide bonds. The first-order chi connectivity index (χ1) is 11.4. The number of nitrogens with zero attached hydrogens (tertiary/aromatic N) is 4. The van der Waals surface area contributed by atoms with Crippen molar-refractivity contribution in [3.8, 4) is 11.4 Å². The van der Waals surface area contributed by atoms with Crippen molar-refractivity contribution in [1.82, 2.24) is 19.6 Å². The summed E-state index contributed by atoms with van der Waals surface area (Å²) < 4.78 is 1.79. The van der Waals surface area contributed by atoms with Crippen LogP contribution in [0.15, 0.2) is 30.3 Å². The van der Waals surface area contributed by atoms with Gasteiger partial charge in [-0.1, -0.05) is 52.0 Å². The second kappa shape index (κ2) is 6.23. The van der Waals surface area contributed by atoms with E-state index in [9.17, 15) is 0 Å². The quantitative estimate of drug-likeness (QED) is 0.781. The third-order valence-corrected chi connectivity index (χ3v) is 4.01. The summed E-state index contributed by atoms with van der Waals surface area (Å²) in [6.07, 6.45) is 1.05. The van der Waals surface area contributed by atoms with Gasteiger partial charge in [0.15, 0.2) is 5.82 Å². The van der Waals surface area contributed by atoms with Gasteiger partial charge in [-0.3, -0.25) is 0 Å². The van der Waals surface area contributed by atoms with Gasteiger partial charge < -0.3 is 5.32 Å². The Morgan fingerprint density at radius 2 is 1.79 bits per heavy atom. The summed E-state index contributed by atoms with van der Waals surface area (Å²) in [5.74, 6) is 2.26. The van der Waals surface area contributed by atoms with E-state index in [0.29, 0.717) is 11.6 Å². The highest BCUT2D eigenvalue weighted by atomic mass is 15.4. The van der Waals surface area contributed by atoms with Crippen LogP contribution in [-0.4, -0.2) is 26.1 Å². The van der Waals surface area contributed by atoms with Crippen molar-refractivity contribution in [3.05, 3.63) is 41.6 Å². The highest BCUT2D eigenvalue weighted by Crippen LogP contribution is 2.25. The molecule has 0 aliphatic heterocycles. The first kappa shape index (κ1) is 16.4. The summed E-state index contributed by atoms with van der Waals surface area (Å²) in [4.78, 5) is 9.10. The molecule has 0 radical (unpaired) electrons. The zero-order valence-electron chi connectivity index (χ0n) is 15.1. The average molecular weight is 323 g/mol. The van der Waals surface area contributed by atoms with Crippen LogP contribution in [0.2, 0.25) is 0 Å². The Hall–Kier alpha value is -2.43. The van der Waals surface area contributed by atoms with E-state index in [1.54, 1.807) is 4.52 Å². The van der Waals surface area contributed by atoms with E-state index >= 15 is 0 Å². The van der Waals surface area contributed by atoms with Crippen molar-refractivity contribution in [2.45, 2.75) is 46.5 Å². The van der Waals surface area contributed by atoms with Gasteiger partial charge in [-0.15, -0.1) is 5.10 Å². The maximum absolute atomic E-state index is 4.65. The second-order valence-electron chi connectivity index (χ2n) is 7.18. The molecule has 2 aromatic heterocycles. The van der Waals surface area contributed by atoms with Crippen LogP contribution in [0.1, 0.15) is 45.4 Å². The van der Waals surface area contributed by atoms with Crippen molar-refractivity contribution >= 4 is 11.6 Å². The topological polar surface area (TPSA) is 55.1 Å². The van der Waals surface area contributed by atoms with Gasteiger partial charge >= 0.3 is 0 Å². The van der Waals surface area contributed by atoms with Crippen LogP contribution in [0.4, 0.5) is 5.82 Å². The molecule has 1 N–H and O–H groups in total. The molecule has 2 heterocycles. The van der Waals surface area contributed by atoms with Gasteiger partial charge in [-0.2, -0.15) is 9.50 Å². The number of benzene rings is 1. The van der Waals surface area contributed by atoms with Gasteiger partial charge in [0.1, 0.15) is 5.82 Å². The predicted octanol–water partition coefficient (Wildman–Crippen LogP) is 4.22. The summed E-state index contributed by atoms with van der Waals surface area (Å²) in [7, 11) is 0. The highest BCUT2D eigenvalue weighted by Gasteiger charge is 2.15. The van der Waals surface area contributed by atoms with Crippen LogP contribution < -0.4 is 5.32 Å². The molecule has 0 saturated heterocycles. The van der Waals surface area contributed by atoms with Gasteiger partial charge in [0.2, 0.25) is 0 Å². The Labute approximate surface area is 143 Å². The fourth-order valence-electron chi connectivity index (χ4n) is 2.61. The zero-order valence-corrected chi connectivity index (χ0v) is 15.1. The Kier molecular flexibility index (Phi) is 4.26. The number of hydrogen-bond donors (Lipinski definition) is 1. The summed E-state index contributed by atoms with van der Waals surface area (Å²) in [5.41, 5.74) is 3.38. The lowest BCUT2D eigenvalue weighted by Gasteiger charge is -2.18. The van der Waals surface area contributed by atoms with Gasteiger partial charge in [0, 0.05) is 23.9 Å². The molecule has 0 aliphatic carbocycles. The Morgan fingerprint density at radius 3 is 2.42 bits per heavy atom. The maximum atomic E-state index is 4.65. The number of nitrogens with one attached hydrogen (secondary N) is 1. The zero-order chi connectivity index (χ0) is 17.3. The van der Waals surface area contributed by atoms with Crippen molar-refractivity contribution in [1.29, 1.82) is 0 Å². The molecule has 1 aromatic carbocycles. The molecule has 0 saturated carbocycles. The normalized spacial score (nSPS) is 11.9. The Balaban J connectivity index is 2.01. The molecule has 5 heteroatoms. The lowest BCUT2D eigenvalue weighted by atomic mass is 9.87. The SMILES string of the molecule is CCCNc1cc(C)nc2nc(-c3ccc(C(C)(C)C)cc3)nn12. The molecule has 0 unspecified atom stereocenters. The minimum absolute atomic E-state index is 0.140. The predicted molar refractivity (Wildman–Crippen MR) is 98.4 cm³/mol. The van der Waals surface area contributed by atoms with Crippen LogP contribution in [0, 0.1) is 6.92 Å². The molecular weight excluding hydrogens is 298 g/mol. The Bertz CT molecular complexity index is 841. The largest absolute Gasteiger partial charge is 0.370 e. The molecule has 0 aliphatic rings. The van der Waals surface area contributed by atoms with Crippen LogP contribution in [0.5, 0.6) is 0 Å². The third kappa shape index (κ3) is 3.25. The molecular formula is C19H25N5. The number of fused-ring (bicyclic) bond motifs is 1. The van der Waals surface area contributed by atoms with E-state index in [1.165, 1.54) is 5.56 Å². The van der Waals surface area contributed by atoms with Crippen molar-refractivity contribution < 1.29 is 0 Å². The van der Waals surface area contributed by atoms with E-state index < -0.39 is 0 Å². The standard InChI is InChI=1S/C19H25N5/c1-6-11-20-16-12-13(2)21-18-22-17(23-24(16)18)14-7-9-15(10-8-14)19(3,4)5/h7-10,12,20H,6,11H2,1-5H3. The lowest BCUT2D eigenvalue weighted by Crippen LogP contribution is -2.10. The molecule has 0 bridgehead atoms. The van der Waals surface area contributed by atoms with Crippen LogP contribution in [-0.2, 0) is 5.41 Å². The van der Waals surface area contributed by atoms with Crippen LogP contribution in [0.25, 0.3) is 17.2 Å². The lowest BCUT2D eigenvalue weighted by molar-refractivity contribution is 0.590. The van der Waals surface area contributed by atoms with E-state index in [0.717, 1.165) is 30.0 Å². The summed E-state index contributed by atoms with van der Waals surface area (Å²) in [5, 5.41) is 8.04. The van der Waals surface area contributed by atoms with Crippen molar-refractivity contribution in [3.63, 3.8) is 0 Å². The molecule has 5 nitrogen and oxygen atoms in total. The van der Waals surface area contributed by atoms with Crippen molar-refractivity contribution in [2.75, 3.05) is 11.9 Å². The molecule has 0 atom stereocenters. The number of hydrogen-bond acceptors (Lipinski definition) is 4. The van der Waals surface area contributed by atoms with Crippen LogP contribution in [0.3, 0.4) is 0 Å². The number of aryl methyl sites for hydroxylation is 1. The van der Waals surface area contributed by atoms with E-state index in [4.69, 9.17) is 0 Å². The summed E-state index contributed by atoms with van der Waals surface area (Å²) in [6, 6.07) is 10.5. The first-order valence-corrected chi connectivity index (χ1v) is 8.47. The van der Waals surface area contributed by atoms with E-state index in [2.05, 4.69) is 72.3 Å². The number of rotatable bonds is 4. The maximum Gasteiger partial charge on any atom is 0.254 e. The van der Waals surface area contributed by atoms with E-state index in [1.807, 2.05) is 13.0 Å². The Morgan fingerprint density at radius 1 is 1.08 bits per heavy atom. The number of aromatic nitrogens is 4. The second-order valence-corrected chi connectivity index (χ2v) is 7.18. The number of anilines is 1. The summed E-state index contributed by atoms with van der Waals surface area (Å²) in [6.45, 7) is 11.6. The van der Waals surface area contributed by atoms with Crippen molar-refractivity contribution in [2.24, 2.45) is 0 Å². The van der Waals surface area contributed by atoms with Gasteiger partial charge in [-0.05, 0) is 24.3 Å². The molecule has 3 aromatic rings. The van der Waals surface area contributed by atoms with Gasteiger partial charge in [-0.25, -0.2) is 4.98 Å². The van der Waals surface area contributed by atoms with Crippen LogP contribution >= 0.6 is 0 Å².